The second-order valence-electron chi connectivity index (χ2n) is 8.49. The highest BCUT2D eigenvalue weighted by Gasteiger charge is 2.48. The summed E-state index contributed by atoms with van der Waals surface area (Å²) in [7, 11) is 1.93. The van der Waals surface area contributed by atoms with Crippen molar-refractivity contribution in [3.63, 3.8) is 0 Å². The summed E-state index contributed by atoms with van der Waals surface area (Å²) in [6.07, 6.45) is 1.59. The van der Waals surface area contributed by atoms with Gasteiger partial charge in [0, 0.05) is 37.0 Å². The summed E-state index contributed by atoms with van der Waals surface area (Å²) in [6.45, 7) is 1.10. The van der Waals surface area contributed by atoms with Gasteiger partial charge < -0.3 is 19.9 Å². The van der Waals surface area contributed by atoms with Gasteiger partial charge >= 0.3 is 0 Å². The van der Waals surface area contributed by atoms with Crippen LogP contribution in [-0.2, 0) is 13.0 Å². The van der Waals surface area contributed by atoms with Gasteiger partial charge in [0.05, 0.1) is 6.04 Å². The lowest BCUT2D eigenvalue weighted by Gasteiger charge is -2.49. The Kier molecular flexibility index (Phi) is 4.77. The SMILES string of the molecule is CN1CCCN2C(=O)c3c(O)c(=O)c(C(=O)NCc4ccc(F)cc4F)c4n3C(CC4)C12. The van der Waals surface area contributed by atoms with Crippen LogP contribution in [0.5, 0.6) is 5.75 Å². The Morgan fingerprint density at radius 2 is 2.03 bits per heavy atom. The van der Waals surface area contributed by atoms with E-state index in [0.29, 0.717) is 31.1 Å². The largest absolute Gasteiger partial charge is 0.503 e. The van der Waals surface area contributed by atoms with Crippen molar-refractivity contribution in [1.29, 1.82) is 0 Å². The number of fused-ring (bicyclic) bond motifs is 2. The summed E-state index contributed by atoms with van der Waals surface area (Å²) in [5.74, 6) is -3.48. The Hall–Kier alpha value is -3.27. The molecule has 0 saturated carbocycles. The van der Waals surface area contributed by atoms with E-state index in [1.807, 2.05) is 7.05 Å². The van der Waals surface area contributed by atoms with Crippen LogP contribution in [0.15, 0.2) is 23.0 Å². The lowest BCUT2D eigenvalue weighted by atomic mass is 10.0. The molecule has 3 aliphatic rings. The minimum atomic E-state index is -0.916. The van der Waals surface area contributed by atoms with Crippen LogP contribution in [0, 0.1) is 11.6 Å². The maximum Gasteiger partial charge on any atom is 0.275 e. The zero-order valence-corrected chi connectivity index (χ0v) is 17.4. The molecule has 10 heteroatoms. The molecule has 2 unspecified atom stereocenters. The molecule has 1 fully saturated rings. The van der Waals surface area contributed by atoms with E-state index in [0.717, 1.165) is 19.0 Å². The Bertz CT molecular complexity index is 1210. The van der Waals surface area contributed by atoms with Crippen LogP contribution < -0.4 is 10.7 Å². The number of halogens is 2. The minimum absolute atomic E-state index is 0.0611. The number of aromatic hydroxyl groups is 1. The quantitative estimate of drug-likeness (QED) is 0.746. The molecular formula is C22H22F2N4O4. The average molecular weight is 444 g/mol. The number of amides is 2. The molecule has 0 radical (unpaired) electrons. The molecule has 0 bridgehead atoms. The van der Waals surface area contributed by atoms with Crippen LogP contribution in [0.4, 0.5) is 8.78 Å². The summed E-state index contributed by atoms with van der Waals surface area (Å²) < 4.78 is 28.7. The number of benzene rings is 1. The molecule has 8 nitrogen and oxygen atoms in total. The highest BCUT2D eigenvalue weighted by Crippen LogP contribution is 2.42. The highest BCUT2D eigenvalue weighted by atomic mass is 19.1. The van der Waals surface area contributed by atoms with Crippen molar-refractivity contribution in [2.45, 2.75) is 38.0 Å². The smallest absolute Gasteiger partial charge is 0.275 e. The van der Waals surface area contributed by atoms with Gasteiger partial charge in [0.25, 0.3) is 11.8 Å². The molecule has 168 valence electrons. The third-order valence-electron chi connectivity index (χ3n) is 6.67. The highest BCUT2D eigenvalue weighted by molar-refractivity contribution is 6.00. The fourth-order valence-corrected chi connectivity index (χ4v) is 5.25. The summed E-state index contributed by atoms with van der Waals surface area (Å²) >= 11 is 0. The zero-order valence-electron chi connectivity index (χ0n) is 17.4. The number of hydrogen-bond acceptors (Lipinski definition) is 5. The summed E-state index contributed by atoms with van der Waals surface area (Å²) in [4.78, 5) is 42.8. The molecule has 1 aromatic carbocycles. The zero-order chi connectivity index (χ0) is 22.7. The standard InChI is InChI=1S/C22H22F2N4O4/c1-26-7-2-8-27-21(26)15-6-5-14-16(18(29)19(30)17(22(27)32)28(14)15)20(31)25-10-11-3-4-12(23)9-13(11)24/h3-4,9,15,21,30H,2,5-8,10H2,1H3,(H,25,31). The van der Waals surface area contributed by atoms with Crippen molar-refractivity contribution in [1.82, 2.24) is 19.7 Å². The predicted octanol–water partition coefficient (Wildman–Crippen LogP) is 1.37. The Labute approximate surface area is 182 Å². The first kappa shape index (κ1) is 20.6. The van der Waals surface area contributed by atoms with Crippen molar-refractivity contribution in [2.75, 3.05) is 20.1 Å². The number of carbonyl (C=O) groups is 2. The predicted molar refractivity (Wildman–Crippen MR) is 109 cm³/mol. The molecule has 2 N–H and O–H groups in total. The van der Waals surface area contributed by atoms with Crippen molar-refractivity contribution in [3.05, 3.63) is 62.6 Å². The summed E-state index contributed by atoms with van der Waals surface area (Å²) in [6, 6.07) is 2.81. The summed E-state index contributed by atoms with van der Waals surface area (Å²) in [5.41, 5.74) is -0.764. The van der Waals surface area contributed by atoms with Gasteiger partial charge in [0.2, 0.25) is 5.43 Å². The third kappa shape index (κ3) is 2.93. The molecular weight excluding hydrogens is 422 g/mol. The normalized spacial score (nSPS) is 22.0. The fraction of sp³-hybridized carbons (Fsp3) is 0.409. The fourth-order valence-electron chi connectivity index (χ4n) is 5.25. The van der Waals surface area contributed by atoms with Crippen molar-refractivity contribution in [2.24, 2.45) is 0 Å². The second-order valence-corrected chi connectivity index (χ2v) is 8.49. The lowest BCUT2D eigenvalue weighted by Crippen LogP contribution is -2.61. The maximum absolute atomic E-state index is 13.9. The van der Waals surface area contributed by atoms with E-state index in [1.54, 1.807) is 9.47 Å². The number of nitrogens with one attached hydrogen (secondary N) is 1. The molecule has 1 saturated heterocycles. The topological polar surface area (TPSA) is 94.9 Å². The van der Waals surface area contributed by atoms with Crippen molar-refractivity contribution in [3.8, 4) is 5.75 Å². The van der Waals surface area contributed by atoms with Crippen LogP contribution in [0.2, 0.25) is 0 Å². The van der Waals surface area contributed by atoms with E-state index in [-0.39, 0.29) is 35.6 Å². The molecule has 1 aromatic heterocycles. The molecule has 0 aliphatic carbocycles. The molecule has 0 spiro atoms. The third-order valence-corrected chi connectivity index (χ3v) is 6.67. The van der Waals surface area contributed by atoms with E-state index < -0.39 is 34.6 Å². The van der Waals surface area contributed by atoms with Crippen molar-refractivity contribution >= 4 is 11.8 Å². The van der Waals surface area contributed by atoms with Crippen LogP contribution in [0.1, 0.15) is 51.0 Å². The van der Waals surface area contributed by atoms with Gasteiger partial charge in [0.15, 0.2) is 11.4 Å². The van der Waals surface area contributed by atoms with Crippen LogP contribution in [0.25, 0.3) is 0 Å². The number of aromatic nitrogens is 1. The van der Waals surface area contributed by atoms with Gasteiger partial charge in [-0.3, -0.25) is 19.3 Å². The van der Waals surface area contributed by atoms with Crippen LogP contribution in [0.3, 0.4) is 0 Å². The van der Waals surface area contributed by atoms with E-state index in [4.69, 9.17) is 0 Å². The van der Waals surface area contributed by atoms with Gasteiger partial charge in [-0.2, -0.15) is 0 Å². The number of nitrogens with zero attached hydrogens (tertiary/aromatic N) is 3. The Balaban J connectivity index is 1.54. The first-order valence-electron chi connectivity index (χ1n) is 10.5. The maximum atomic E-state index is 13.9. The van der Waals surface area contributed by atoms with E-state index in [2.05, 4.69) is 10.2 Å². The van der Waals surface area contributed by atoms with Gasteiger partial charge in [0.1, 0.15) is 23.4 Å². The van der Waals surface area contributed by atoms with E-state index in [9.17, 15) is 28.3 Å². The number of carbonyl (C=O) groups excluding carboxylic acids is 2. The molecule has 2 atom stereocenters. The first-order valence-corrected chi connectivity index (χ1v) is 10.5. The van der Waals surface area contributed by atoms with Gasteiger partial charge in [-0.15, -0.1) is 0 Å². The summed E-state index contributed by atoms with van der Waals surface area (Å²) in [5, 5.41) is 13.1. The first-order chi connectivity index (χ1) is 15.3. The van der Waals surface area contributed by atoms with E-state index >= 15 is 0 Å². The van der Waals surface area contributed by atoms with Crippen LogP contribution in [-0.4, -0.2) is 57.6 Å². The van der Waals surface area contributed by atoms with Crippen molar-refractivity contribution < 1.29 is 23.5 Å². The van der Waals surface area contributed by atoms with Gasteiger partial charge in [-0.25, -0.2) is 8.78 Å². The Morgan fingerprint density at radius 1 is 1.25 bits per heavy atom. The number of likely N-dealkylation sites (N-methyl/N-ethyl adjacent to an activating group) is 1. The number of rotatable bonds is 3. The monoisotopic (exact) mass is 444 g/mol. The minimum Gasteiger partial charge on any atom is -0.503 e. The molecule has 2 aromatic rings. The molecule has 4 heterocycles. The van der Waals surface area contributed by atoms with E-state index in [1.165, 1.54) is 6.07 Å². The number of hydrogen-bond donors (Lipinski definition) is 2. The molecule has 32 heavy (non-hydrogen) atoms. The molecule has 2 amide bonds. The average Bonchev–Trinajstić information content (AvgIpc) is 3.17. The van der Waals surface area contributed by atoms with Gasteiger partial charge in [-0.1, -0.05) is 6.07 Å². The molecule has 5 rings (SSSR count). The molecule has 3 aliphatic heterocycles. The van der Waals surface area contributed by atoms with Gasteiger partial charge in [-0.05, 0) is 32.4 Å². The number of pyridine rings is 1. The second kappa shape index (κ2) is 7.40. The Morgan fingerprint density at radius 3 is 2.78 bits per heavy atom. The lowest BCUT2D eigenvalue weighted by molar-refractivity contribution is -0.0151. The van der Waals surface area contributed by atoms with Crippen LogP contribution >= 0.6 is 0 Å².